The monoisotopic (exact) mass is 364 g/mol. The number of rotatable bonds is 6. The molecule has 1 rings (SSSR count). The van der Waals surface area contributed by atoms with Crippen LogP contribution >= 0.6 is 15.9 Å². The van der Waals surface area contributed by atoms with Crippen LogP contribution in [0.5, 0.6) is 0 Å². The number of hydrogen-bond donors (Lipinski definition) is 1. The second-order valence-electron chi connectivity index (χ2n) is 4.11. The van der Waals surface area contributed by atoms with Gasteiger partial charge in [0, 0.05) is 22.5 Å². The summed E-state index contributed by atoms with van der Waals surface area (Å²) in [5.74, 6) is -0.586. The van der Waals surface area contributed by atoms with E-state index in [1.54, 1.807) is 0 Å². The summed E-state index contributed by atoms with van der Waals surface area (Å²) < 4.78 is 38.1. The van der Waals surface area contributed by atoms with E-state index in [2.05, 4.69) is 31.3 Å². The molecule has 0 fully saturated rings. The molecule has 1 aromatic rings. The van der Waals surface area contributed by atoms with Gasteiger partial charge in [0.1, 0.15) is 0 Å². The van der Waals surface area contributed by atoms with Crippen LogP contribution in [0.1, 0.15) is 28.8 Å². The highest BCUT2D eigenvalue weighted by Crippen LogP contribution is 2.31. The number of carbonyl (C=O) groups is 1. The van der Waals surface area contributed by atoms with Crippen molar-refractivity contribution in [3.05, 3.63) is 44.2 Å². The van der Waals surface area contributed by atoms with Crippen LogP contribution in [0.25, 0.3) is 10.4 Å². The van der Waals surface area contributed by atoms with E-state index in [9.17, 15) is 18.0 Å². The number of nitrogens with zero attached hydrogens (tertiary/aromatic N) is 3. The third kappa shape index (κ3) is 5.65. The molecule has 0 bridgehead atoms. The second-order valence-corrected chi connectivity index (χ2v) is 4.96. The van der Waals surface area contributed by atoms with Crippen molar-refractivity contribution >= 4 is 21.8 Å². The molecule has 0 radical (unpaired) electrons. The molecule has 1 amide bonds. The molecule has 0 spiro atoms. The van der Waals surface area contributed by atoms with Gasteiger partial charge in [0.05, 0.1) is 11.1 Å². The van der Waals surface area contributed by atoms with Crippen molar-refractivity contribution in [1.82, 2.24) is 5.32 Å². The summed E-state index contributed by atoms with van der Waals surface area (Å²) in [6.45, 7) is 0.613. The molecule has 1 aromatic carbocycles. The predicted molar refractivity (Wildman–Crippen MR) is 74.7 cm³/mol. The van der Waals surface area contributed by atoms with Gasteiger partial charge in [0.15, 0.2) is 0 Å². The normalized spacial score (nSPS) is 10.9. The fourth-order valence-corrected chi connectivity index (χ4v) is 1.95. The molecule has 0 atom stereocenters. The molecule has 0 saturated heterocycles. The highest BCUT2D eigenvalue weighted by atomic mass is 79.9. The number of unbranched alkanes of at least 4 members (excludes halogenated alkanes) is 1. The maximum absolute atomic E-state index is 12.6. The molecule has 9 heteroatoms. The zero-order valence-corrected chi connectivity index (χ0v) is 12.4. The van der Waals surface area contributed by atoms with Crippen molar-refractivity contribution in [3.8, 4) is 0 Å². The van der Waals surface area contributed by atoms with Gasteiger partial charge in [-0.15, -0.1) is 0 Å². The Morgan fingerprint density at radius 3 is 2.71 bits per heavy atom. The number of hydrogen-bond acceptors (Lipinski definition) is 2. The third-order valence-electron chi connectivity index (χ3n) is 2.57. The maximum atomic E-state index is 12.6. The first-order valence-corrected chi connectivity index (χ1v) is 6.81. The van der Waals surface area contributed by atoms with Crippen molar-refractivity contribution in [2.45, 2.75) is 19.0 Å². The number of amides is 1. The Morgan fingerprint density at radius 2 is 2.10 bits per heavy atom. The van der Waals surface area contributed by atoms with E-state index in [1.807, 2.05) is 0 Å². The molecule has 0 aromatic heterocycles. The summed E-state index contributed by atoms with van der Waals surface area (Å²) in [6.07, 6.45) is -3.33. The Balaban J connectivity index is 2.63. The molecule has 1 N–H and O–H groups in total. The largest absolute Gasteiger partial charge is 0.416 e. The molecule has 114 valence electrons. The number of benzene rings is 1. The Morgan fingerprint density at radius 1 is 1.38 bits per heavy atom. The fourth-order valence-electron chi connectivity index (χ4n) is 1.52. The number of azide groups is 1. The third-order valence-corrected chi connectivity index (χ3v) is 3.26. The summed E-state index contributed by atoms with van der Waals surface area (Å²) in [7, 11) is 0. The Hall–Kier alpha value is -1.73. The van der Waals surface area contributed by atoms with Gasteiger partial charge in [-0.05, 0) is 52.5 Å². The van der Waals surface area contributed by atoms with E-state index in [1.165, 1.54) is 6.07 Å². The first kappa shape index (κ1) is 17.3. The number of alkyl halides is 3. The van der Waals surface area contributed by atoms with Crippen LogP contribution in [-0.4, -0.2) is 19.0 Å². The lowest BCUT2D eigenvalue weighted by Gasteiger charge is -2.11. The van der Waals surface area contributed by atoms with E-state index in [4.69, 9.17) is 5.53 Å². The van der Waals surface area contributed by atoms with E-state index in [0.717, 1.165) is 12.1 Å². The lowest BCUT2D eigenvalue weighted by Crippen LogP contribution is -2.25. The molecule has 0 aliphatic carbocycles. The van der Waals surface area contributed by atoms with Crippen LogP contribution in [0, 0.1) is 0 Å². The lowest BCUT2D eigenvalue weighted by atomic mass is 10.1. The van der Waals surface area contributed by atoms with E-state index < -0.39 is 17.6 Å². The Labute approximate surface area is 127 Å². The molecular weight excluding hydrogens is 353 g/mol. The molecule has 21 heavy (non-hydrogen) atoms. The molecule has 0 saturated carbocycles. The highest BCUT2D eigenvalue weighted by Gasteiger charge is 2.31. The minimum Gasteiger partial charge on any atom is -0.352 e. The summed E-state index contributed by atoms with van der Waals surface area (Å²) >= 11 is 3.06. The van der Waals surface area contributed by atoms with Gasteiger partial charge >= 0.3 is 6.18 Å². The number of nitrogens with one attached hydrogen (secondary N) is 1. The minimum atomic E-state index is -4.50. The topological polar surface area (TPSA) is 77.9 Å². The minimum absolute atomic E-state index is 0.0696. The summed E-state index contributed by atoms with van der Waals surface area (Å²) in [5, 5.41) is 5.86. The quantitative estimate of drug-likeness (QED) is 0.347. The van der Waals surface area contributed by atoms with Crippen LogP contribution in [0.15, 0.2) is 27.8 Å². The smallest absolute Gasteiger partial charge is 0.352 e. The van der Waals surface area contributed by atoms with Crippen LogP contribution in [0.2, 0.25) is 0 Å². The highest BCUT2D eigenvalue weighted by molar-refractivity contribution is 9.10. The van der Waals surface area contributed by atoms with E-state index >= 15 is 0 Å². The summed E-state index contributed by atoms with van der Waals surface area (Å²) in [5.41, 5.74) is 7.13. The van der Waals surface area contributed by atoms with Crippen LogP contribution in [0.4, 0.5) is 13.2 Å². The average molecular weight is 365 g/mol. The summed E-state index contributed by atoms with van der Waals surface area (Å²) in [4.78, 5) is 14.4. The first-order chi connectivity index (χ1) is 9.86. The molecule has 0 aliphatic rings. The van der Waals surface area contributed by atoms with Crippen molar-refractivity contribution in [2.75, 3.05) is 13.1 Å². The van der Waals surface area contributed by atoms with Gasteiger partial charge < -0.3 is 5.32 Å². The average Bonchev–Trinajstić information content (AvgIpc) is 2.41. The second kappa shape index (κ2) is 7.90. The zero-order chi connectivity index (χ0) is 15.9. The zero-order valence-electron chi connectivity index (χ0n) is 10.8. The molecule has 0 heterocycles. The van der Waals surface area contributed by atoms with Gasteiger partial charge in [-0.2, -0.15) is 13.2 Å². The lowest BCUT2D eigenvalue weighted by molar-refractivity contribution is -0.137. The predicted octanol–water partition coefficient (Wildman–Crippen LogP) is 4.29. The van der Waals surface area contributed by atoms with E-state index in [0.29, 0.717) is 30.4 Å². The first-order valence-electron chi connectivity index (χ1n) is 6.02. The maximum Gasteiger partial charge on any atom is 0.416 e. The molecular formula is C12H12BrF3N4O. The number of carbonyl (C=O) groups excluding carboxylic acids is 1. The standard InChI is InChI=1S/C12H12BrF3N4O/c13-10-4-3-8(12(14,15)16)7-9(10)11(21)18-5-1-2-6-19-20-17/h3-4,7H,1-2,5-6H2,(H,18,21). The Bertz CT molecular complexity index is 556. The van der Waals surface area contributed by atoms with Gasteiger partial charge in [-0.1, -0.05) is 5.11 Å². The van der Waals surface area contributed by atoms with Crippen molar-refractivity contribution in [1.29, 1.82) is 0 Å². The van der Waals surface area contributed by atoms with Gasteiger partial charge in [0.25, 0.3) is 5.91 Å². The van der Waals surface area contributed by atoms with Gasteiger partial charge in [-0.3, -0.25) is 4.79 Å². The Kier molecular flexibility index (Phi) is 6.51. The fraction of sp³-hybridized carbons (Fsp3) is 0.417. The molecule has 0 unspecified atom stereocenters. The van der Waals surface area contributed by atoms with Crippen molar-refractivity contribution in [2.24, 2.45) is 5.11 Å². The van der Waals surface area contributed by atoms with Gasteiger partial charge in [0.2, 0.25) is 0 Å². The van der Waals surface area contributed by atoms with Crippen LogP contribution in [-0.2, 0) is 6.18 Å². The molecule has 0 aliphatic heterocycles. The SMILES string of the molecule is [N-]=[N+]=NCCCCNC(=O)c1cc(C(F)(F)F)ccc1Br. The van der Waals surface area contributed by atoms with Crippen LogP contribution < -0.4 is 5.32 Å². The number of halogens is 4. The van der Waals surface area contributed by atoms with E-state index in [-0.39, 0.29) is 5.56 Å². The molecule has 5 nitrogen and oxygen atoms in total. The summed E-state index contributed by atoms with van der Waals surface area (Å²) in [6, 6.07) is 2.90. The van der Waals surface area contributed by atoms with Gasteiger partial charge in [-0.25, -0.2) is 0 Å². The van der Waals surface area contributed by atoms with Crippen molar-refractivity contribution < 1.29 is 18.0 Å². The van der Waals surface area contributed by atoms with Crippen LogP contribution in [0.3, 0.4) is 0 Å². The van der Waals surface area contributed by atoms with Crippen molar-refractivity contribution in [3.63, 3.8) is 0 Å².